The SMILES string of the molecule is Cc1cccc(COc2cc(N)c(C)cc2C)c1. The number of nitrogens with two attached hydrogens (primary N) is 1. The van der Waals surface area contributed by atoms with Gasteiger partial charge in [-0.3, -0.25) is 0 Å². The van der Waals surface area contributed by atoms with Crippen LogP contribution in [0.1, 0.15) is 22.3 Å². The van der Waals surface area contributed by atoms with Crippen LogP contribution in [0.25, 0.3) is 0 Å². The summed E-state index contributed by atoms with van der Waals surface area (Å²) in [4.78, 5) is 0. The number of hydrogen-bond acceptors (Lipinski definition) is 2. The lowest BCUT2D eigenvalue weighted by Gasteiger charge is -2.12. The number of nitrogen functional groups attached to an aromatic ring is 1. The maximum absolute atomic E-state index is 5.90. The average Bonchev–Trinajstić information content (AvgIpc) is 2.32. The van der Waals surface area contributed by atoms with E-state index in [1.165, 1.54) is 11.1 Å². The zero-order chi connectivity index (χ0) is 13.1. The van der Waals surface area contributed by atoms with Crippen molar-refractivity contribution >= 4 is 5.69 Å². The molecule has 0 amide bonds. The van der Waals surface area contributed by atoms with Crippen molar-refractivity contribution in [2.45, 2.75) is 27.4 Å². The molecule has 0 radical (unpaired) electrons. The maximum Gasteiger partial charge on any atom is 0.124 e. The zero-order valence-corrected chi connectivity index (χ0v) is 11.2. The summed E-state index contributed by atoms with van der Waals surface area (Å²) in [5.41, 5.74) is 11.3. The molecule has 2 rings (SSSR count). The van der Waals surface area contributed by atoms with E-state index < -0.39 is 0 Å². The lowest BCUT2D eigenvalue weighted by atomic mass is 10.1. The van der Waals surface area contributed by atoms with Gasteiger partial charge in [0.1, 0.15) is 12.4 Å². The summed E-state index contributed by atoms with van der Waals surface area (Å²) in [6.07, 6.45) is 0. The molecule has 0 aliphatic rings. The summed E-state index contributed by atoms with van der Waals surface area (Å²) in [6.45, 7) is 6.70. The van der Waals surface area contributed by atoms with Gasteiger partial charge in [-0.1, -0.05) is 35.9 Å². The number of ether oxygens (including phenoxy) is 1. The fourth-order valence-corrected chi connectivity index (χ4v) is 1.97. The Labute approximate surface area is 108 Å². The highest BCUT2D eigenvalue weighted by Crippen LogP contribution is 2.25. The third-order valence-corrected chi connectivity index (χ3v) is 3.04. The quantitative estimate of drug-likeness (QED) is 0.830. The van der Waals surface area contributed by atoms with Crippen molar-refractivity contribution < 1.29 is 4.74 Å². The molecule has 0 aliphatic heterocycles. The monoisotopic (exact) mass is 241 g/mol. The Morgan fingerprint density at radius 1 is 1.00 bits per heavy atom. The van der Waals surface area contributed by atoms with Gasteiger partial charge in [0.25, 0.3) is 0 Å². The molecule has 2 N–H and O–H groups in total. The summed E-state index contributed by atoms with van der Waals surface area (Å²) in [5, 5.41) is 0. The Hall–Kier alpha value is -1.96. The molecule has 0 aromatic heterocycles. The molecule has 0 fully saturated rings. The lowest BCUT2D eigenvalue weighted by Crippen LogP contribution is -1.99. The molecule has 0 unspecified atom stereocenters. The molecule has 94 valence electrons. The topological polar surface area (TPSA) is 35.2 Å². The van der Waals surface area contributed by atoms with E-state index in [-0.39, 0.29) is 0 Å². The summed E-state index contributed by atoms with van der Waals surface area (Å²) in [7, 11) is 0. The van der Waals surface area contributed by atoms with Crippen LogP contribution in [0, 0.1) is 20.8 Å². The largest absolute Gasteiger partial charge is 0.489 e. The zero-order valence-electron chi connectivity index (χ0n) is 11.2. The molecular formula is C16H19NO. The van der Waals surface area contributed by atoms with E-state index in [1.54, 1.807) is 0 Å². The average molecular weight is 241 g/mol. The van der Waals surface area contributed by atoms with E-state index in [9.17, 15) is 0 Å². The first-order chi connectivity index (χ1) is 8.56. The minimum Gasteiger partial charge on any atom is -0.489 e. The molecule has 0 saturated carbocycles. The van der Waals surface area contributed by atoms with Gasteiger partial charge in [-0.2, -0.15) is 0 Å². The van der Waals surface area contributed by atoms with Gasteiger partial charge in [-0.15, -0.1) is 0 Å². The number of benzene rings is 2. The van der Waals surface area contributed by atoms with Crippen molar-refractivity contribution in [2.24, 2.45) is 0 Å². The number of rotatable bonds is 3. The smallest absolute Gasteiger partial charge is 0.124 e. The Bertz CT molecular complexity index is 561. The van der Waals surface area contributed by atoms with Gasteiger partial charge in [0.15, 0.2) is 0 Å². The first-order valence-electron chi connectivity index (χ1n) is 6.11. The first-order valence-corrected chi connectivity index (χ1v) is 6.11. The third kappa shape index (κ3) is 2.83. The van der Waals surface area contributed by atoms with Crippen molar-refractivity contribution in [1.29, 1.82) is 0 Å². The molecule has 2 heteroatoms. The molecule has 18 heavy (non-hydrogen) atoms. The Morgan fingerprint density at radius 3 is 2.50 bits per heavy atom. The van der Waals surface area contributed by atoms with Crippen LogP contribution < -0.4 is 10.5 Å². The molecule has 2 aromatic rings. The van der Waals surface area contributed by atoms with Crippen LogP contribution in [0.5, 0.6) is 5.75 Å². The predicted octanol–water partition coefficient (Wildman–Crippen LogP) is 3.77. The van der Waals surface area contributed by atoms with E-state index in [1.807, 2.05) is 26.0 Å². The van der Waals surface area contributed by atoms with Gasteiger partial charge in [-0.25, -0.2) is 0 Å². The number of aryl methyl sites for hydroxylation is 3. The number of anilines is 1. The highest BCUT2D eigenvalue weighted by Gasteiger charge is 2.04. The Morgan fingerprint density at radius 2 is 1.78 bits per heavy atom. The molecule has 0 spiro atoms. The second-order valence-electron chi connectivity index (χ2n) is 4.75. The van der Waals surface area contributed by atoms with E-state index in [0.717, 1.165) is 22.6 Å². The van der Waals surface area contributed by atoms with Crippen molar-refractivity contribution in [2.75, 3.05) is 5.73 Å². The van der Waals surface area contributed by atoms with Crippen LogP contribution in [0.2, 0.25) is 0 Å². The Kier molecular flexibility index (Phi) is 3.56. The van der Waals surface area contributed by atoms with Gasteiger partial charge < -0.3 is 10.5 Å². The summed E-state index contributed by atoms with van der Waals surface area (Å²) in [5.74, 6) is 0.861. The Balaban J connectivity index is 2.13. The summed E-state index contributed by atoms with van der Waals surface area (Å²) < 4.78 is 5.83. The standard InChI is InChI=1S/C16H19NO/c1-11-5-4-6-14(7-11)10-18-16-9-15(17)12(2)8-13(16)3/h4-9H,10,17H2,1-3H3. The van der Waals surface area contributed by atoms with Gasteiger partial charge in [-0.05, 0) is 37.5 Å². The van der Waals surface area contributed by atoms with Gasteiger partial charge in [0.2, 0.25) is 0 Å². The normalized spacial score (nSPS) is 10.4. The molecular weight excluding hydrogens is 222 g/mol. The van der Waals surface area contributed by atoms with Gasteiger partial charge in [0.05, 0.1) is 0 Å². The van der Waals surface area contributed by atoms with E-state index in [4.69, 9.17) is 10.5 Å². The molecule has 0 atom stereocenters. The molecule has 2 aromatic carbocycles. The van der Waals surface area contributed by atoms with Crippen LogP contribution in [0.3, 0.4) is 0 Å². The van der Waals surface area contributed by atoms with Crippen molar-refractivity contribution in [3.8, 4) is 5.75 Å². The fourth-order valence-electron chi connectivity index (χ4n) is 1.97. The molecule has 0 saturated heterocycles. The van der Waals surface area contributed by atoms with Crippen molar-refractivity contribution in [1.82, 2.24) is 0 Å². The van der Waals surface area contributed by atoms with Crippen LogP contribution in [0.4, 0.5) is 5.69 Å². The van der Waals surface area contributed by atoms with Crippen molar-refractivity contribution in [3.05, 3.63) is 58.7 Å². The van der Waals surface area contributed by atoms with Crippen molar-refractivity contribution in [3.63, 3.8) is 0 Å². The highest BCUT2D eigenvalue weighted by atomic mass is 16.5. The second kappa shape index (κ2) is 5.13. The number of hydrogen-bond donors (Lipinski definition) is 1. The highest BCUT2D eigenvalue weighted by molar-refractivity contribution is 5.54. The van der Waals surface area contributed by atoms with Crippen LogP contribution in [-0.4, -0.2) is 0 Å². The summed E-state index contributed by atoms with van der Waals surface area (Å²) in [6, 6.07) is 12.3. The van der Waals surface area contributed by atoms with E-state index in [0.29, 0.717) is 6.61 Å². The third-order valence-electron chi connectivity index (χ3n) is 3.04. The predicted molar refractivity (Wildman–Crippen MR) is 75.8 cm³/mol. The van der Waals surface area contributed by atoms with Crippen LogP contribution in [-0.2, 0) is 6.61 Å². The first kappa shape index (κ1) is 12.5. The second-order valence-corrected chi connectivity index (χ2v) is 4.75. The van der Waals surface area contributed by atoms with E-state index >= 15 is 0 Å². The molecule has 0 heterocycles. The minimum absolute atomic E-state index is 0.574. The summed E-state index contributed by atoms with van der Waals surface area (Å²) >= 11 is 0. The van der Waals surface area contributed by atoms with Crippen LogP contribution in [0.15, 0.2) is 36.4 Å². The lowest BCUT2D eigenvalue weighted by molar-refractivity contribution is 0.304. The van der Waals surface area contributed by atoms with E-state index in [2.05, 4.69) is 31.2 Å². The van der Waals surface area contributed by atoms with Gasteiger partial charge in [0, 0.05) is 11.8 Å². The molecule has 0 aliphatic carbocycles. The van der Waals surface area contributed by atoms with Gasteiger partial charge >= 0.3 is 0 Å². The van der Waals surface area contributed by atoms with Crippen LogP contribution >= 0.6 is 0 Å². The minimum atomic E-state index is 0.574. The molecule has 2 nitrogen and oxygen atoms in total. The fraction of sp³-hybridized carbons (Fsp3) is 0.250. The molecule has 0 bridgehead atoms. The maximum atomic E-state index is 5.90.